The van der Waals surface area contributed by atoms with Crippen molar-refractivity contribution in [3.8, 4) is 17.2 Å². The zero-order valence-corrected chi connectivity index (χ0v) is 9.01. The minimum Gasteiger partial charge on any atom is -0.483 e. The molecule has 2 aromatic rings. The molecule has 2 N–H and O–H groups in total. The van der Waals surface area contributed by atoms with Gasteiger partial charge in [-0.25, -0.2) is 0 Å². The Morgan fingerprint density at radius 3 is 2.88 bits per heavy atom. The molecule has 0 saturated carbocycles. The molecule has 0 aliphatic carbocycles. The summed E-state index contributed by atoms with van der Waals surface area (Å²) in [7, 11) is 0. The summed E-state index contributed by atoms with van der Waals surface area (Å²) in [6, 6.07) is 5.67. The Kier molecular flexibility index (Phi) is 2.29. The van der Waals surface area contributed by atoms with Gasteiger partial charge in [-0.15, -0.1) is 0 Å². The van der Waals surface area contributed by atoms with Crippen LogP contribution in [0.2, 0.25) is 0 Å². The van der Waals surface area contributed by atoms with E-state index in [2.05, 4.69) is 0 Å². The van der Waals surface area contributed by atoms with Gasteiger partial charge in [0.2, 0.25) is 6.79 Å². The molecule has 88 valence electrons. The van der Waals surface area contributed by atoms with E-state index in [0.29, 0.717) is 18.0 Å². The first-order valence-corrected chi connectivity index (χ1v) is 5.16. The summed E-state index contributed by atoms with van der Waals surface area (Å²) in [4.78, 5) is 0. The van der Waals surface area contributed by atoms with E-state index in [9.17, 15) is 0 Å². The van der Waals surface area contributed by atoms with Crippen molar-refractivity contribution in [2.45, 2.75) is 6.61 Å². The summed E-state index contributed by atoms with van der Waals surface area (Å²) in [6.45, 7) is 0.675. The number of fused-ring (bicyclic) bond motifs is 1. The molecule has 0 radical (unpaired) electrons. The smallest absolute Gasteiger partial charge is 0.231 e. The highest BCUT2D eigenvalue weighted by atomic mass is 16.7. The van der Waals surface area contributed by atoms with Gasteiger partial charge < -0.3 is 24.4 Å². The molecular weight excluding hydrogens is 222 g/mol. The molecule has 1 aliphatic rings. The fourth-order valence-electron chi connectivity index (χ4n) is 1.60. The standard InChI is InChI=1S/C12H11NO4/c13-9-5-14-6-12(9)15-4-8-1-2-10-11(3-8)17-7-16-10/h1-3,5-6H,4,7,13H2. The average molecular weight is 233 g/mol. The molecule has 1 aliphatic heterocycles. The molecule has 0 unspecified atom stereocenters. The second-order valence-electron chi connectivity index (χ2n) is 3.67. The van der Waals surface area contributed by atoms with Crippen LogP contribution < -0.4 is 19.9 Å². The van der Waals surface area contributed by atoms with Crippen LogP contribution in [0.3, 0.4) is 0 Å². The molecule has 3 rings (SSSR count). The van der Waals surface area contributed by atoms with E-state index in [4.69, 9.17) is 24.4 Å². The topological polar surface area (TPSA) is 66.9 Å². The lowest BCUT2D eigenvalue weighted by Crippen LogP contribution is -1.96. The van der Waals surface area contributed by atoms with E-state index in [1.807, 2.05) is 18.2 Å². The van der Waals surface area contributed by atoms with Crippen LogP contribution >= 0.6 is 0 Å². The van der Waals surface area contributed by atoms with Crippen molar-refractivity contribution in [2.75, 3.05) is 12.5 Å². The second-order valence-corrected chi connectivity index (χ2v) is 3.67. The van der Waals surface area contributed by atoms with Crippen molar-refractivity contribution in [3.05, 3.63) is 36.3 Å². The molecule has 5 nitrogen and oxygen atoms in total. The van der Waals surface area contributed by atoms with Gasteiger partial charge in [0.15, 0.2) is 17.2 Å². The lowest BCUT2D eigenvalue weighted by Gasteiger charge is -2.05. The first-order chi connectivity index (χ1) is 8.33. The van der Waals surface area contributed by atoms with Crippen LogP contribution in [0.5, 0.6) is 17.2 Å². The molecule has 0 atom stereocenters. The largest absolute Gasteiger partial charge is 0.483 e. The van der Waals surface area contributed by atoms with Crippen LogP contribution in [0, 0.1) is 0 Å². The molecule has 0 bridgehead atoms. The van der Waals surface area contributed by atoms with E-state index >= 15 is 0 Å². The predicted molar refractivity (Wildman–Crippen MR) is 60.0 cm³/mol. The molecule has 0 saturated heterocycles. The van der Waals surface area contributed by atoms with Crippen LogP contribution in [0.25, 0.3) is 0 Å². The van der Waals surface area contributed by atoms with Gasteiger partial charge in [0.1, 0.15) is 24.8 Å². The minimum atomic E-state index is 0.272. The zero-order chi connectivity index (χ0) is 11.7. The summed E-state index contributed by atoms with van der Waals surface area (Å²) in [5.41, 5.74) is 7.10. The maximum Gasteiger partial charge on any atom is 0.231 e. The molecule has 0 spiro atoms. The fourth-order valence-corrected chi connectivity index (χ4v) is 1.60. The third-order valence-electron chi connectivity index (χ3n) is 2.49. The van der Waals surface area contributed by atoms with Crippen molar-refractivity contribution in [1.29, 1.82) is 0 Å². The molecule has 0 fully saturated rings. The predicted octanol–water partition coefficient (Wildman–Crippen LogP) is 2.17. The van der Waals surface area contributed by atoms with Gasteiger partial charge in [-0.1, -0.05) is 6.07 Å². The maximum absolute atomic E-state index is 5.63. The minimum absolute atomic E-state index is 0.272. The Bertz CT molecular complexity index is 535. The van der Waals surface area contributed by atoms with Crippen LogP contribution in [0.4, 0.5) is 5.69 Å². The molecule has 1 aromatic heterocycles. The third kappa shape index (κ3) is 1.87. The highest BCUT2D eigenvalue weighted by Gasteiger charge is 2.13. The van der Waals surface area contributed by atoms with Gasteiger partial charge in [-0.2, -0.15) is 0 Å². The van der Waals surface area contributed by atoms with Gasteiger partial charge in [0, 0.05) is 0 Å². The number of anilines is 1. The summed E-state index contributed by atoms with van der Waals surface area (Å²) in [5.74, 6) is 2.05. The van der Waals surface area contributed by atoms with Gasteiger partial charge in [0.25, 0.3) is 0 Å². The molecular formula is C12H11NO4. The fraction of sp³-hybridized carbons (Fsp3) is 0.167. The number of nitrogens with two attached hydrogens (primary N) is 1. The average Bonchev–Trinajstić information content (AvgIpc) is 2.94. The number of benzene rings is 1. The Hall–Kier alpha value is -2.30. The van der Waals surface area contributed by atoms with E-state index in [0.717, 1.165) is 17.1 Å². The van der Waals surface area contributed by atoms with Crippen molar-refractivity contribution in [1.82, 2.24) is 0 Å². The van der Waals surface area contributed by atoms with Crippen molar-refractivity contribution in [3.63, 3.8) is 0 Å². The van der Waals surface area contributed by atoms with Crippen molar-refractivity contribution >= 4 is 5.69 Å². The van der Waals surface area contributed by atoms with Crippen LogP contribution in [-0.2, 0) is 6.61 Å². The quantitative estimate of drug-likeness (QED) is 0.879. The first kappa shape index (κ1) is 9.89. The zero-order valence-electron chi connectivity index (χ0n) is 9.01. The molecule has 5 heteroatoms. The Balaban J connectivity index is 1.72. The number of nitrogen functional groups attached to an aromatic ring is 1. The lowest BCUT2D eigenvalue weighted by atomic mass is 10.2. The number of ether oxygens (including phenoxy) is 3. The van der Waals surface area contributed by atoms with Crippen LogP contribution in [0.15, 0.2) is 35.1 Å². The molecule has 0 amide bonds. The van der Waals surface area contributed by atoms with E-state index in [1.54, 1.807) is 0 Å². The molecule has 1 aromatic carbocycles. The number of furan rings is 1. The summed E-state index contributed by atoms with van der Waals surface area (Å²) in [6.07, 6.45) is 2.91. The number of hydrogen-bond donors (Lipinski definition) is 1. The molecule has 2 heterocycles. The summed E-state index contributed by atoms with van der Waals surface area (Å²) < 4.78 is 20.9. The van der Waals surface area contributed by atoms with E-state index < -0.39 is 0 Å². The van der Waals surface area contributed by atoms with Gasteiger partial charge in [-0.3, -0.25) is 0 Å². The van der Waals surface area contributed by atoms with Crippen LogP contribution in [0.1, 0.15) is 5.56 Å². The third-order valence-corrected chi connectivity index (χ3v) is 2.49. The number of hydrogen-bond acceptors (Lipinski definition) is 5. The molecule has 17 heavy (non-hydrogen) atoms. The van der Waals surface area contributed by atoms with Crippen LogP contribution in [-0.4, -0.2) is 6.79 Å². The summed E-state index contributed by atoms with van der Waals surface area (Å²) in [5, 5.41) is 0. The monoisotopic (exact) mass is 233 g/mol. The SMILES string of the molecule is Nc1cocc1OCc1ccc2c(c1)OCO2. The Labute approximate surface area is 97.7 Å². The van der Waals surface area contributed by atoms with Crippen molar-refractivity contribution in [2.24, 2.45) is 0 Å². The van der Waals surface area contributed by atoms with Gasteiger partial charge >= 0.3 is 0 Å². The first-order valence-electron chi connectivity index (χ1n) is 5.16. The second kappa shape index (κ2) is 3.93. The summed E-state index contributed by atoms with van der Waals surface area (Å²) >= 11 is 0. The Morgan fingerprint density at radius 2 is 2.06 bits per heavy atom. The van der Waals surface area contributed by atoms with Gasteiger partial charge in [-0.05, 0) is 17.7 Å². The number of rotatable bonds is 3. The van der Waals surface area contributed by atoms with Gasteiger partial charge in [0.05, 0.1) is 0 Å². The maximum atomic E-state index is 5.63. The normalized spacial score (nSPS) is 12.7. The highest BCUT2D eigenvalue weighted by Crippen LogP contribution is 2.33. The highest BCUT2D eigenvalue weighted by molar-refractivity contribution is 5.49. The lowest BCUT2D eigenvalue weighted by molar-refractivity contribution is 0.174. The Morgan fingerprint density at radius 1 is 1.18 bits per heavy atom. The van der Waals surface area contributed by atoms with Crippen molar-refractivity contribution < 1.29 is 18.6 Å². The van der Waals surface area contributed by atoms with E-state index in [-0.39, 0.29) is 6.79 Å². The van der Waals surface area contributed by atoms with E-state index in [1.165, 1.54) is 12.5 Å².